The lowest BCUT2D eigenvalue weighted by molar-refractivity contribution is 0.284. The maximum atomic E-state index is 6.47. The first-order chi connectivity index (χ1) is 13.1. The van der Waals surface area contributed by atoms with Gasteiger partial charge in [-0.1, -0.05) is 47.5 Å². The predicted octanol–water partition coefficient (Wildman–Crippen LogP) is 6.50. The molecule has 0 saturated carbocycles. The van der Waals surface area contributed by atoms with Gasteiger partial charge < -0.3 is 14.8 Å². The van der Waals surface area contributed by atoms with Crippen molar-refractivity contribution in [1.82, 2.24) is 0 Å². The first kappa shape index (κ1) is 19.4. The molecule has 27 heavy (non-hydrogen) atoms. The highest BCUT2D eigenvalue weighted by Gasteiger charge is 2.13. The van der Waals surface area contributed by atoms with Crippen LogP contribution < -0.4 is 14.8 Å². The summed E-state index contributed by atoms with van der Waals surface area (Å²) in [4.78, 5) is 0. The summed E-state index contributed by atoms with van der Waals surface area (Å²) in [5, 5.41) is 4.57. The minimum atomic E-state index is 0.436. The molecule has 140 valence electrons. The number of hydrogen-bond donors (Lipinski definition) is 1. The van der Waals surface area contributed by atoms with Gasteiger partial charge in [0.2, 0.25) is 0 Å². The molecule has 0 unspecified atom stereocenters. The van der Waals surface area contributed by atoms with Crippen molar-refractivity contribution >= 4 is 28.9 Å². The normalized spacial score (nSPS) is 10.5. The van der Waals surface area contributed by atoms with Gasteiger partial charge in [-0.25, -0.2) is 0 Å². The zero-order chi connectivity index (χ0) is 19.2. The van der Waals surface area contributed by atoms with E-state index < -0.39 is 0 Å². The quantitative estimate of drug-likeness (QED) is 0.489. The third-order valence-corrected chi connectivity index (χ3v) is 4.80. The van der Waals surface area contributed by atoms with Crippen molar-refractivity contribution in [3.8, 4) is 11.5 Å². The van der Waals surface area contributed by atoms with Gasteiger partial charge in [0.1, 0.15) is 6.61 Å². The molecule has 0 radical (unpaired) electrons. The summed E-state index contributed by atoms with van der Waals surface area (Å²) in [7, 11) is 1.61. The number of methoxy groups -OCH3 is 1. The van der Waals surface area contributed by atoms with Crippen LogP contribution in [0.25, 0.3) is 0 Å². The molecule has 0 bridgehead atoms. The molecular formula is C22H21Cl2NO2. The number of hydrogen-bond acceptors (Lipinski definition) is 3. The predicted molar refractivity (Wildman–Crippen MR) is 112 cm³/mol. The van der Waals surface area contributed by atoms with Crippen LogP contribution in [0.1, 0.15) is 16.7 Å². The Morgan fingerprint density at radius 3 is 2.41 bits per heavy atom. The van der Waals surface area contributed by atoms with Crippen LogP contribution >= 0.6 is 23.2 Å². The highest BCUT2D eigenvalue weighted by Crippen LogP contribution is 2.37. The van der Waals surface area contributed by atoms with Crippen LogP contribution in [0, 0.1) is 6.92 Å². The van der Waals surface area contributed by atoms with Gasteiger partial charge in [-0.3, -0.25) is 0 Å². The van der Waals surface area contributed by atoms with Crippen LogP contribution in [0.4, 0.5) is 5.69 Å². The molecule has 3 rings (SSSR count). The van der Waals surface area contributed by atoms with Gasteiger partial charge in [-0.2, -0.15) is 0 Å². The van der Waals surface area contributed by atoms with Crippen LogP contribution in [0.5, 0.6) is 11.5 Å². The molecule has 0 aliphatic heterocycles. The molecule has 3 nitrogen and oxygen atoms in total. The molecule has 1 N–H and O–H groups in total. The lowest BCUT2D eigenvalue weighted by Crippen LogP contribution is -2.03. The van der Waals surface area contributed by atoms with Gasteiger partial charge in [0.05, 0.1) is 12.1 Å². The second-order valence-corrected chi connectivity index (χ2v) is 7.03. The first-order valence-electron chi connectivity index (χ1n) is 8.60. The topological polar surface area (TPSA) is 30.5 Å². The van der Waals surface area contributed by atoms with E-state index in [2.05, 4.69) is 18.3 Å². The molecule has 0 amide bonds. The number of aryl methyl sites for hydroxylation is 1. The average molecular weight is 402 g/mol. The van der Waals surface area contributed by atoms with Gasteiger partial charge in [0.25, 0.3) is 0 Å². The van der Waals surface area contributed by atoms with Crippen molar-refractivity contribution in [3.05, 3.63) is 87.4 Å². The largest absolute Gasteiger partial charge is 0.493 e. The van der Waals surface area contributed by atoms with E-state index in [9.17, 15) is 0 Å². The molecule has 3 aromatic carbocycles. The molecular weight excluding hydrogens is 381 g/mol. The molecule has 5 heteroatoms. The van der Waals surface area contributed by atoms with E-state index >= 15 is 0 Å². The Bertz CT molecular complexity index is 911. The number of rotatable bonds is 7. The Morgan fingerprint density at radius 1 is 0.963 bits per heavy atom. The van der Waals surface area contributed by atoms with Crippen molar-refractivity contribution < 1.29 is 9.47 Å². The number of halogens is 2. The fourth-order valence-corrected chi connectivity index (χ4v) is 3.12. The summed E-state index contributed by atoms with van der Waals surface area (Å²) in [5.74, 6) is 1.17. The molecule has 0 fully saturated rings. The summed E-state index contributed by atoms with van der Waals surface area (Å²) < 4.78 is 11.5. The standard InChI is InChI=1S/C22H21Cl2NO2/c1-15-5-3-4-6-17(15)14-27-22-20(24)11-16(12-21(22)26-2)13-25-19-9-7-18(23)8-10-19/h3-12,25H,13-14H2,1-2H3. The molecule has 3 aromatic rings. The van der Waals surface area contributed by atoms with Crippen molar-refractivity contribution in [2.45, 2.75) is 20.1 Å². The average Bonchev–Trinajstić information content (AvgIpc) is 2.67. The lowest BCUT2D eigenvalue weighted by atomic mass is 10.1. The van der Waals surface area contributed by atoms with E-state index in [4.69, 9.17) is 32.7 Å². The molecule has 0 aromatic heterocycles. The molecule has 0 saturated heterocycles. The molecule has 0 heterocycles. The number of nitrogens with one attached hydrogen (secondary N) is 1. The maximum absolute atomic E-state index is 6.47. The van der Waals surface area contributed by atoms with Crippen LogP contribution in [-0.2, 0) is 13.2 Å². The SMILES string of the molecule is COc1cc(CNc2ccc(Cl)cc2)cc(Cl)c1OCc1ccccc1C. The number of benzene rings is 3. The van der Waals surface area contributed by atoms with E-state index in [1.54, 1.807) is 7.11 Å². The third-order valence-electron chi connectivity index (χ3n) is 4.26. The Morgan fingerprint density at radius 2 is 1.70 bits per heavy atom. The van der Waals surface area contributed by atoms with Gasteiger partial charge in [-0.15, -0.1) is 0 Å². The van der Waals surface area contributed by atoms with Crippen molar-refractivity contribution in [2.24, 2.45) is 0 Å². The molecule has 0 atom stereocenters. The maximum Gasteiger partial charge on any atom is 0.180 e. The summed E-state index contributed by atoms with van der Waals surface area (Å²) in [6.07, 6.45) is 0. The molecule has 0 aliphatic carbocycles. The van der Waals surface area contributed by atoms with E-state index in [-0.39, 0.29) is 0 Å². The van der Waals surface area contributed by atoms with Crippen molar-refractivity contribution in [1.29, 1.82) is 0 Å². The van der Waals surface area contributed by atoms with E-state index in [0.717, 1.165) is 16.8 Å². The highest BCUT2D eigenvalue weighted by molar-refractivity contribution is 6.32. The van der Waals surface area contributed by atoms with Crippen molar-refractivity contribution in [3.63, 3.8) is 0 Å². The van der Waals surface area contributed by atoms with E-state index in [0.29, 0.717) is 34.7 Å². The summed E-state index contributed by atoms with van der Waals surface area (Å²) in [6.45, 7) is 3.10. The smallest absolute Gasteiger partial charge is 0.180 e. The van der Waals surface area contributed by atoms with E-state index in [1.165, 1.54) is 5.56 Å². The molecule has 0 aliphatic rings. The minimum Gasteiger partial charge on any atom is -0.493 e. The summed E-state index contributed by atoms with van der Waals surface area (Å²) in [6, 6.07) is 19.5. The van der Waals surface area contributed by atoms with Crippen LogP contribution in [0.15, 0.2) is 60.7 Å². The Labute approximate surface area is 169 Å². The van der Waals surface area contributed by atoms with Crippen LogP contribution in [0.3, 0.4) is 0 Å². The lowest BCUT2D eigenvalue weighted by Gasteiger charge is -2.15. The second-order valence-electron chi connectivity index (χ2n) is 6.18. The van der Waals surface area contributed by atoms with Crippen LogP contribution in [-0.4, -0.2) is 7.11 Å². The van der Waals surface area contributed by atoms with Gasteiger partial charge in [-0.05, 0) is 60.0 Å². The number of ether oxygens (including phenoxy) is 2. The Kier molecular flexibility index (Phi) is 6.49. The van der Waals surface area contributed by atoms with Gasteiger partial charge >= 0.3 is 0 Å². The minimum absolute atomic E-state index is 0.436. The zero-order valence-electron chi connectivity index (χ0n) is 15.3. The van der Waals surface area contributed by atoms with Crippen molar-refractivity contribution in [2.75, 3.05) is 12.4 Å². The Hall–Kier alpha value is -2.36. The highest BCUT2D eigenvalue weighted by atomic mass is 35.5. The fourth-order valence-electron chi connectivity index (χ4n) is 2.71. The van der Waals surface area contributed by atoms with Crippen LogP contribution in [0.2, 0.25) is 10.0 Å². The molecule has 0 spiro atoms. The van der Waals surface area contributed by atoms with Gasteiger partial charge in [0, 0.05) is 17.3 Å². The third kappa shape index (κ3) is 5.09. The first-order valence-corrected chi connectivity index (χ1v) is 9.35. The summed E-state index contributed by atoms with van der Waals surface area (Å²) >= 11 is 12.4. The zero-order valence-corrected chi connectivity index (χ0v) is 16.8. The monoisotopic (exact) mass is 401 g/mol. The van der Waals surface area contributed by atoms with Gasteiger partial charge in [0.15, 0.2) is 11.5 Å². The van der Waals surface area contributed by atoms with E-state index in [1.807, 2.05) is 54.6 Å². The number of anilines is 1. The summed E-state index contributed by atoms with van der Waals surface area (Å²) in [5.41, 5.74) is 4.27. The second kappa shape index (κ2) is 9.03. The Balaban J connectivity index is 1.72. The fraction of sp³-hybridized carbons (Fsp3) is 0.182.